The number of benzene rings is 2. The molecule has 0 aliphatic heterocycles. The number of amides is 1. The second-order valence-electron chi connectivity index (χ2n) is 4.70. The Kier molecular flexibility index (Phi) is 5.74. The summed E-state index contributed by atoms with van der Waals surface area (Å²) in [5.74, 6) is 0.402. The molecule has 0 aliphatic rings. The van der Waals surface area contributed by atoms with Gasteiger partial charge in [0.2, 0.25) is 0 Å². The van der Waals surface area contributed by atoms with Gasteiger partial charge in [-0.25, -0.2) is 4.79 Å². The lowest BCUT2D eigenvalue weighted by Gasteiger charge is -2.19. The van der Waals surface area contributed by atoms with Crippen LogP contribution in [-0.2, 0) is 4.74 Å². The van der Waals surface area contributed by atoms with Gasteiger partial charge in [0.15, 0.2) is 11.5 Å². The second-order valence-corrected chi connectivity index (χ2v) is 4.70. The molecule has 0 spiro atoms. The molecule has 1 amide bonds. The smallest absolute Gasteiger partial charge is 0.443 e. The zero-order chi connectivity index (χ0) is 16.7. The Morgan fingerprint density at radius 1 is 0.913 bits per heavy atom. The van der Waals surface area contributed by atoms with Gasteiger partial charge in [-0.1, -0.05) is 30.3 Å². The zero-order valence-corrected chi connectivity index (χ0v) is 13.2. The fourth-order valence-electron chi connectivity index (χ4n) is 1.98. The van der Waals surface area contributed by atoms with Crippen LogP contribution in [0.4, 0.5) is 4.79 Å². The van der Waals surface area contributed by atoms with Gasteiger partial charge in [0.05, 0.1) is 13.2 Å². The number of ether oxygens (including phenoxy) is 1. The molecule has 0 bridgehead atoms. The number of rotatable bonds is 6. The summed E-state index contributed by atoms with van der Waals surface area (Å²) in [5, 5.41) is 1.12. The van der Waals surface area contributed by atoms with E-state index in [4.69, 9.17) is 9.57 Å². The molecule has 120 valence electrons. The van der Waals surface area contributed by atoms with Gasteiger partial charge in [0.1, 0.15) is 0 Å². The first-order chi connectivity index (χ1) is 11.2. The third-order valence-electron chi connectivity index (χ3n) is 3.13. The maximum absolute atomic E-state index is 12.3. The molecule has 0 saturated heterocycles. The molecular formula is C18H19NO4. The Balaban J connectivity index is 2.07. The molecule has 2 aromatic carbocycles. The van der Waals surface area contributed by atoms with Gasteiger partial charge in [-0.2, -0.15) is 0 Å². The van der Waals surface area contributed by atoms with E-state index in [9.17, 15) is 9.59 Å². The summed E-state index contributed by atoms with van der Waals surface area (Å²) in [6.45, 7) is 4.15. The lowest BCUT2D eigenvalue weighted by Crippen LogP contribution is -2.34. The molecule has 5 heteroatoms. The summed E-state index contributed by atoms with van der Waals surface area (Å²) < 4.78 is 4.89. The summed E-state index contributed by atoms with van der Waals surface area (Å²) in [6, 6.07) is 15.7. The maximum atomic E-state index is 12.3. The molecule has 0 unspecified atom stereocenters. The predicted octanol–water partition coefficient (Wildman–Crippen LogP) is 3.69. The number of ketones is 1. The van der Waals surface area contributed by atoms with E-state index >= 15 is 0 Å². The van der Waals surface area contributed by atoms with Gasteiger partial charge in [-0.05, 0) is 38.1 Å². The topological polar surface area (TPSA) is 55.8 Å². The quantitative estimate of drug-likeness (QED) is 0.603. The van der Waals surface area contributed by atoms with Crippen molar-refractivity contribution in [2.75, 3.05) is 13.2 Å². The minimum Gasteiger partial charge on any atom is -0.448 e. The molecule has 2 rings (SSSR count). The molecule has 0 fully saturated rings. The van der Waals surface area contributed by atoms with Crippen molar-refractivity contribution in [3.05, 3.63) is 65.7 Å². The van der Waals surface area contributed by atoms with Crippen LogP contribution >= 0.6 is 0 Å². The highest BCUT2D eigenvalue weighted by Crippen LogP contribution is 2.16. The molecule has 0 radical (unpaired) electrons. The average Bonchev–Trinajstić information content (AvgIpc) is 2.60. The summed E-state index contributed by atoms with van der Waals surface area (Å²) in [4.78, 5) is 29.4. The summed E-state index contributed by atoms with van der Waals surface area (Å²) >= 11 is 0. The van der Waals surface area contributed by atoms with Gasteiger partial charge in [-0.15, -0.1) is 5.06 Å². The lowest BCUT2D eigenvalue weighted by molar-refractivity contribution is -0.0431. The molecular weight excluding hydrogens is 294 g/mol. The second kappa shape index (κ2) is 7.98. The monoisotopic (exact) mass is 313 g/mol. The van der Waals surface area contributed by atoms with E-state index in [1.807, 2.05) is 18.2 Å². The van der Waals surface area contributed by atoms with E-state index in [1.54, 1.807) is 50.2 Å². The standard InChI is InChI=1S/C18H19NO4/c1-3-19(18(21)22-4-2)23-16-12-10-15(11-13-16)17(20)14-8-6-5-7-9-14/h5-13H,3-4H2,1-2H3. The molecule has 2 aromatic rings. The Morgan fingerprint density at radius 3 is 2.09 bits per heavy atom. The molecule has 0 N–H and O–H groups in total. The molecule has 0 atom stereocenters. The molecule has 0 aromatic heterocycles. The van der Waals surface area contributed by atoms with Crippen LogP contribution in [-0.4, -0.2) is 30.1 Å². The number of hydrogen-bond donors (Lipinski definition) is 0. The van der Waals surface area contributed by atoms with Crippen molar-refractivity contribution in [1.29, 1.82) is 0 Å². The highest BCUT2D eigenvalue weighted by atomic mass is 16.7. The van der Waals surface area contributed by atoms with E-state index in [0.717, 1.165) is 5.06 Å². The zero-order valence-electron chi connectivity index (χ0n) is 13.2. The fraction of sp³-hybridized carbons (Fsp3) is 0.222. The first-order valence-corrected chi connectivity index (χ1v) is 7.47. The third kappa shape index (κ3) is 4.32. The minimum atomic E-state index is -0.542. The number of nitrogens with zero attached hydrogens (tertiary/aromatic N) is 1. The average molecular weight is 313 g/mol. The van der Waals surface area contributed by atoms with E-state index in [1.165, 1.54) is 0 Å². The maximum Gasteiger partial charge on any atom is 0.443 e. The van der Waals surface area contributed by atoms with Crippen LogP contribution < -0.4 is 4.84 Å². The van der Waals surface area contributed by atoms with Crippen LogP contribution in [0.5, 0.6) is 5.75 Å². The van der Waals surface area contributed by atoms with Crippen molar-refractivity contribution in [3.63, 3.8) is 0 Å². The SMILES string of the molecule is CCOC(=O)N(CC)Oc1ccc(C(=O)c2ccccc2)cc1. The largest absolute Gasteiger partial charge is 0.448 e. The molecule has 0 heterocycles. The highest BCUT2D eigenvalue weighted by molar-refractivity contribution is 6.08. The Morgan fingerprint density at radius 2 is 1.52 bits per heavy atom. The third-order valence-corrected chi connectivity index (χ3v) is 3.13. The van der Waals surface area contributed by atoms with Crippen molar-refractivity contribution >= 4 is 11.9 Å². The number of carbonyl (C=O) groups is 2. The summed E-state index contributed by atoms with van der Waals surface area (Å²) in [7, 11) is 0. The van der Waals surface area contributed by atoms with Crippen molar-refractivity contribution in [3.8, 4) is 5.75 Å². The Hall–Kier alpha value is -2.82. The van der Waals surface area contributed by atoms with Gasteiger partial charge in [0.25, 0.3) is 0 Å². The fourth-order valence-corrected chi connectivity index (χ4v) is 1.98. The Labute approximate surface area is 135 Å². The molecule has 23 heavy (non-hydrogen) atoms. The summed E-state index contributed by atoms with van der Waals surface area (Å²) in [6.07, 6.45) is -0.542. The van der Waals surface area contributed by atoms with Gasteiger partial charge < -0.3 is 9.57 Å². The van der Waals surface area contributed by atoms with E-state index in [-0.39, 0.29) is 12.4 Å². The number of hydroxylamine groups is 2. The number of carbonyl (C=O) groups excluding carboxylic acids is 2. The first kappa shape index (κ1) is 16.5. The predicted molar refractivity (Wildman–Crippen MR) is 86.3 cm³/mol. The summed E-state index contributed by atoms with van der Waals surface area (Å²) in [5.41, 5.74) is 1.19. The van der Waals surface area contributed by atoms with Gasteiger partial charge in [-0.3, -0.25) is 4.79 Å². The van der Waals surface area contributed by atoms with Crippen LogP contribution in [0.15, 0.2) is 54.6 Å². The van der Waals surface area contributed by atoms with Crippen molar-refractivity contribution in [2.24, 2.45) is 0 Å². The minimum absolute atomic E-state index is 0.0603. The number of hydrogen-bond acceptors (Lipinski definition) is 4. The van der Waals surface area contributed by atoms with E-state index < -0.39 is 6.09 Å². The molecule has 0 aliphatic carbocycles. The highest BCUT2D eigenvalue weighted by Gasteiger charge is 2.15. The van der Waals surface area contributed by atoms with Crippen LogP contribution in [0, 0.1) is 0 Å². The van der Waals surface area contributed by atoms with Gasteiger partial charge >= 0.3 is 6.09 Å². The Bertz CT molecular complexity index is 652. The van der Waals surface area contributed by atoms with Crippen molar-refractivity contribution in [1.82, 2.24) is 5.06 Å². The first-order valence-electron chi connectivity index (χ1n) is 7.47. The van der Waals surface area contributed by atoms with Crippen LogP contribution in [0.3, 0.4) is 0 Å². The van der Waals surface area contributed by atoms with E-state index in [2.05, 4.69) is 0 Å². The lowest BCUT2D eigenvalue weighted by atomic mass is 10.0. The van der Waals surface area contributed by atoms with Crippen LogP contribution in [0.25, 0.3) is 0 Å². The van der Waals surface area contributed by atoms with E-state index in [0.29, 0.717) is 23.4 Å². The molecule has 5 nitrogen and oxygen atoms in total. The van der Waals surface area contributed by atoms with Crippen molar-refractivity contribution < 1.29 is 19.2 Å². The normalized spacial score (nSPS) is 10.0. The van der Waals surface area contributed by atoms with Gasteiger partial charge in [0, 0.05) is 11.1 Å². The van der Waals surface area contributed by atoms with Crippen LogP contribution in [0.1, 0.15) is 29.8 Å². The van der Waals surface area contributed by atoms with Crippen LogP contribution in [0.2, 0.25) is 0 Å². The van der Waals surface area contributed by atoms with Crippen molar-refractivity contribution in [2.45, 2.75) is 13.8 Å². The molecule has 0 saturated carbocycles.